The van der Waals surface area contributed by atoms with Crippen LogP contribution in [0.5, 0.6) is 5.75 Å². The van der Waals surface area contributed by atoms with Gasteiger partial charge in [0, 0.05) is 18.3 Å². The number of ether oxygens (including phenoxy) is 1. The van der Waals surface area contributed by atoms with E-state index in [1.54, 1.807) is 20.1 Å². The quantitative estimate of drug-likeness (QED) is 0.831. The minimum absolute atomic E-state index is 0.0152. The third kappa shape index (κ3) is 3.99. The lowest BCUT2D eigenvalue weighted by Gasteiger charge is -2.29. The molecule has 23 heavy (non-hydrogen) atoms. The van der Waals surface area contributed by atoms with Crippen LogP contribution in [0.2, 0.25) is 0 Å². The molecule has 2 aromatic carbocycles. The third-order valence-corrected chi connectivity index (χ3v) is 4.30. The standard InChI is InChI=1S/C18H21FN2OS/c1-12-9-10-14(11-16(12)19)20-18(23)21(3)13(2)15-7-5-6-8-17(15)22-4/h5-11,13H,1-4H3,(H,20,23)/t13-/m1/s1. The molecule has 2 rings (SSSR count). The molecule has 0 aliphatic rings. The van der Waals surface area contributed by atoms with Crippen molar-refractivity contribution in [3.8, 4) is 5.75 Å². The van der Waals surface area contributed by atoms with Crippen molar-refractivity contribution >= 4 is 23.0 Å². The number of hydrogen-bond donors (Lipinski definition) is 1. The Hall–Kier alpha value is -2.14. The molecule has 3 nitrogen and oxygen atoms in total. The Labute approximate surface area is 142 Å². The first-order chi connectivity index (χ1) is 10.9. The van der Waals surface area contributed by atoms with E-state index >= 15 is 0 Å². The van der Waals surface area contributed by atoms with Crippen LogP contribution < -0.4 is 10.1 Å². The zero-order valence-electron chi connectivity index (χ0n) is 13.8. The van der Waals surface area contributed by atoms with Gasteiger partial charge in [-0.15, -0.1) is 0 Å². The van der Waals surface area contributed by atoms with E-state index in [0.29, 0.717) is 16.4 Å². The van der Waals surface area contributed by atoms with Gasteiger partial charge in [0.2, 0.25) is 0 Å². The maximum absolute atomic E-state index is 13.6. The molecule has 0 radical (unpaired) electrons. The summed E-state index contributed by atoms with van der Waals surface area (Å²) < 4.78 is 19.0. The van der Waals surface area contributed by atoms with E-state index in [4.69, 9.17) is 17.0 Å². The minimum Gasteiger partial charge on any atom is -0.496 e. The molecule has 0 saturated carbocycles. The number of halogens is 1. The first kappa shape index (κ1) is 17.2. The molecule has 0 unspecified atom stereocenters. The van der Waals surface area contributed by atoms with Gasteiger partial charge in [-0.05, 0) is 49.8 Å². The molecule has 0 saturated heterocycles. The van der Waals surface area contributed by atoms with Crippen molar-refractivity contribution in [1.29, 1.82) is 0 Å². The van der Waals surface area contributed by atoms with Crippen LogP contribution in [0.3, 0.4) is 0 Å². The molecule has 0 aliphatic heterocycles. The summed E-state index contributed by atoms with van der Waals surface area (Å²) in [6.45, 7) is 3.77. The summed E-state index contributed by atoms with van der Waals surface area (Å²) in [4.78, 5) is 1.92. The monoisotopic (exact) mass is 332 g/mol. The Morgan fingerprint density at radius 2 is 1.96 bits per heavy atom. The Kier molecular flexibility index (Phi) is 5.55. The number of benzene rings is 2. The van der Waals surface area contributed by atoms with Crippen LogP contribution in [-0.4, -0.2) is 24.2 Å². The second-order valence-corrected chi connectivity index (χ2v) is 5.81. The van der Waals surface area contributed by atoms with Gasteiger partial charge < -0.3 is 15.0 Å². The molecule has 0 aromatic heterocycles. The van der Waals surface area contributed by atoms with Gasteiger partial charge in [-0.2, -0.15) is 0 Å². The fourth-order valence-electron chi connectivity index (χ4n) is 2.28. The summed E-state index contributed by atoms with van der Waals surface area (Å²) in [7, 11) is 3.55. The number of rotatable bonds is 4. The molecule has 1 N–H and O–H groups in total. The van der Waals surface area contributed by atoms with E-state index in [-0.39, 0.29) is 11.9 Å². The summed E-state index contributed by atoms with van der Waals surface area (Å²) in [5, 5.41) is 3.59. The van der Waals surface area contributed by atoms with Gasteiger partial charge in [-0.25, -0.2) is 4.39 Å². The Morgan fingerprint density at radius 1 is 1.26 bits per heavy atom. The maximum atomic E-state index is 13.6. The second kappa shape index (κ2) is 7.42. The van der Waals surface area contributed by atoms with Crippen molar-refractivity contribution in [2.75, 3.05) is 19.5 Å². The number of para-hydroxylation sites is 1. The lowest BCUT2D eigenvalue weighted by atomic mass is 10.1. The van der Waals surface area contributed by atoms with Gasteiger partial charge in [0.25, 0.3) is 0 Å². The lowest BCUT2D eigenvalue weighted by molar-refractivity contribution is 0.368. The van der Waals surface area contributed by atoms with Crippen LogP contribution in [0.1, 0.15) is 24.1 Å². The predicted octanol–water partition coefficient (Wildman–Crippen LogP) is 4.53. The van der Waals surface area contributed by atoms with Crippen LogP contribution >= 0.6 is 12.2 Å². The molecular weight excluding hydrogens is 311 g/mol. The molecule has 1 atom stereocenters. The fraction of sp³-hybridized carbons (Fsp3) is 0.278. The fourth-order valence-corrected chi connectivity index (χ4v) is 2.55. The van der Waals surface area contributed by atoms with E-state index in [0.717, 1.165) is 11.3 Å². The number of anilines is 1. The third-order valence-electron chi connectivity index (χ3n) is 3.91. The zero-order valence-corrected chi connectivity index (χ0v) is 14.6. The van der Waals surface area contributed by atoms with Crippen LogP contribution in [0.25, 0.3) is 0 Å². The number of aryl methyl sites for hydroxylation is 1. The molecule has 0 fully saturated rings. The topological polar surface area (TPSA) is 24.5 Å². The molecule has 2 aromatic rings. The average molecular weight is 332 g/mol. The molecule has 122 valence electrons. The molecule has 0 bridgehead atoms. The van der Waals surface area contributed by atoms with Crippen LogP contribution in [-0.2, 0) is 0 Å². The second-order valence-electron chi connectivity index (χ2n) is 5.42. The van der Waals surface area contributed by atoms with Gasteiger partial charge in [0.05, 0.1) is 13.2 Å². The van der Waals surface area contributed by atoms with Gasteiger partial charge in [-0.3, -0.25) is 0 Å². The van der Waals surface area contributed by atoms with Crippen molar-refractivity contribution < 1.29 is 9.13 Å². The first-order valence-electron chi connectivity index (χ1n) is 7.37. The van der Waals surface area contributed by atoms with E-state index in [1.807, 2.05) is 49.2 Å². The van der Waals surface area contributed by atoms with Crippen molar-refractivity contribution in [3.63, 3.8) is 0 Å². The average Bonchev–Trinajstić information content (AvgIpc) is 2.56. The van der Waals surface area contributed by atoms with Crippen molar-refractivity contribution in [2.45, 2.75) is 19.9 Å². The highest BCUT2D eigenvalue weighted by molar-refractivity contribution is 7.80. The molecule has 0 aliphatic carbocycles. The summed E-state index contributed by atoms with van der Waals surface area (Å²) in [5.41, 5.74) is 2.28. The van der Waals surface area contributed by atoms with Gasteiger partial charge in [0.1, 0.15) is 11.6 Å². The smallest absolute Gasteiger partial charge is 0.173 e. The minimum atomic E-state index is -0.252. The zero-order chi connectivity index (χ0) is 17.0. The highest BCUT2D eigenvalue weighted by Crippen LogP contribution is 2.28. The van der Waals surface area contributed by atoms with E-state index in [9.17, 15) is 4.39 Å². The summed E-state index contributed by atoms with van der Waals surface area (Å²) in [5.74, 6) is 0.564. The molecular formula is C18H21FN2OS. The van der Waals surface area contributed by atoms with Gasteiger partial charge in [-0.1, -0.05) is 24.3 Å². The number of nitrogens with one attached hydrogen (secondary N) is 1. The van der Waals surface area contributed by atoms with Crippen LogP contribution in [0.4, 0.5) is 10.1 Å². The van der Waals surface area contributed by atoms with Crippen molar-refractivity contribution in [3.05, 3.63) is 59.4 Å². The first-order valence-corrected chi connectivity index (χ1v) is 7.77. The molecule has 0 spiro atoms. The molecule has 0 heterocycles. The molecule has 5 heteroatoms. The number of methoxy groups -OCH3 is 1. The largest absolute Gasteiger partial charge is 0.496 e. The maximum Gasteiger partial charge on any atom is 0.173 e. The van der Waals surface area contributed by atoms with Crippen LogP contribution in [0, 0.1) is 12.7 Å². The van der Waals surface area contributed by atoms with E-state index < -0.39 is 0 Å². The number of nitrogens with zero attached hydrogens (tertiary/aromatic N) is 1. The highest BCUT2D eigenvalue weighted by atomic mass is 32.1. The van der Waals surface area contributed by atoms with Gasteiger partial charge in [0.15, 0.2) is 5.11 Å². The Bertz CT molecular complexity index is 705. The summed E-state index contributed by atoms with van der Waals surface area (Å²) in [6.07, 6.45) is 0. The van der Waals surface area contributed by atoms with Gasteiger partial charge >= 0.3 is 0 Å². The SMILES string of the molecule is COc1ccccc1[C@@H](C)N(C)C(=S)Nc1ccc(C)c(F)c1. The molecule has 0 amide bonds. The summed E-state index contributed by atoms with van der Waals surface area (Å²) in [6, 6.07) is 12.8. The van der Waals surface area contributed by atoms with Crippen LogP contribution in [0.15, 0.2) is 42.5 Å². The van der Waals surface area contributed by atoms with Crippen molar-refractivity contribution in [2.24, 2.45) is 0 Å². The predicted molar refractivity (Wildman–Crippen MR) is 96.5 cm³/mol. The Morgan fingerprint density at radius 3 is 2.61 bits per heavy atom. The number of hydrogen-bond acceptors (Lipinski definition) is 2. The highest BCUT2D eigenvalue weighted by Gasteiger charge is 2.18. The van der Waals surface area contributed by atoms with Crippen molar-refractivity contribution in [1.82, 2.24) is 4.90 Å². The van der Waals surface area contributed by atoms with E-state index in [2.05, 4.69) is 5.32 Å². The normalized spacial score (nSPS) is 11.7. The Balaban J connectivity index is 2.13. The summed E-state index contributed by atoms with van der Waals surface area (Å²) >= 11 is 5.44. The lowest BCUT2D eigenvalue weighted by Crippen LogP contribution is -2.33. The number of thiocarbonyl (C=S) groups is 1. The van der Waals surface area contributed by atoms with E-state index in [1.165, 1.54) is 6.07 Å².